The van der Waals surface area contributed by atoms with Gasteiger partial charge in [-0.3, -0.25) is 20.2 Å². The van der Waals surface area contributed by atoms with Crippen molar-refractivity contribution in [1.82, 2.24) is 20.6 Å². The van der Waals surface area contributed by atoms with Gasteiger partial charge >= 0.3 is 6.03 Å². The Morgan fingerprint density at radius 3 is 2.51 bits per heavy atom. The minimum atomic E-state index is -1.45. The molecule has 10 nitrogen and oxygen atoms in total. The molecule has 3 aromatic rings. The van der Waals surface area contributed by atoms with Crippen LogP contribution in [0.25, 0.3) is 0 Å². The van der Waals surface area contributed by atoms with Crippen LogP contribution in [-0.4, -0.2) is 46.4 Å². The lowest BCUT2D eigenvalue weighted by Gasteiger charge is -2.38. The minimum absolute atomic E-state index is 0.320. The molecule has 6 rings (SSSR count). The van der Waals surface area contributed by atoms with Crippen LogP contribution >= 0.6 is 0 Å². The molecule has 0 atom stereocenters. The molecule has 0 saturated carbocycles. The second-order valence-corrected chi connectivity index (χ2v) is 9.40. The molecule has 3 aliphatic heterocycles. The summed E-state index contributed by atoms with van der Waals surface area (Å²) in [6, 6.07) is 14.7. The molecule has 3 aliphatic rings. The van der Waals surface area contributed by atoms with Crippen LogP contribution in [0.15, 0.2) is 60.9 Å². The molecule has 0 bridgehead atoms. The molecule has 2 fully saturated rings. The molecular weight excluding hydrogens is 472 g/mol. The highest BCUT2D eigenvalue weighted by Crippen LogP contribution is 2.37. The lowest BCUT2D eigenvalue weighted by molar-refractivity contribution is -0.137. The van der Waals surface area contributed by atoms with Gasteiger partial charge in [0.15, 0.2) is 5.54 Å². The molecule has 1 aromatic carbocycles. The summed E-state index contributed by atoms with van der Waals surface area (Å²) in [5.74, 6) is 0.803. The number of carbonyl (C=O) groups is 3. The van der Waals surface area contributed by atoms with Gasteiger partial charge in [0, 0.05) is 31.0 Å². The quantitative estimate of drug-likeness (QED) is 0.526. The van der Waals surface area contributed by atoms with Gasteiger partial charge in [0.1, 0.15) is 11.6 Å². The zero-order valence-electron chi connectivity index (χ0n) is 20.1. The fourth-order valence-corrected chi connectivity index (χ4v) is 5.45. The maximum absolute atomic E-state index is 12.7. The fourth-order valence-electron chi connectivity index (χ4n) is 5.45. The Labute approximate surface area is 213 Å². The van der Waals surface area contributed by atoms with E-state index in [1.807, 2.05) is 30.5 Å². The molecule has 188 valence electrons. The average molecular weight is 499 g/mol. The molecule has 1 spiro atoms. The van der Waals surface area contributed by atoms with E-state index in [1.165, 1.54) is 5.56 Å². The van der Waals surface area contributed by atoms with Crippen molar-refractivity contribution in [2.75, 3.05) is 22.9 Å². The summed E-state index contributed by atoms with van der Waals surface area (Å²) < 4.78 is 6.07. The monoisotopic (exact) mass is 498 g/mol. The first-order valence-corrected chi connectivity index (χ1v) is 12.4. The molecular formula is C27H26N6O4. The largest absolute Gasteiger partial charge is 0.439 e. The first-order valence-electron chi connectivity index (χ1n) is 12.4. The molecule has 4 amide bonds. The Kier molecular flexibility index (Phi) is 5.71. The Morgan fingerprint density at radius 1 is 0.892 bits per heavy atom. The Balaban J connectivity index is 1.22. The van der Waals surface area contributed by atoms with E-state index in [-0.39, 0.29) is 0 Å². The van der Waals surface area contributed by atoms with Gasteiger partial charge in [-0.15, -0.1) is 0 Å². The number of rotatable bonds is 4. The van der Waals surface area contributed by atoms with Crippen LogP contribution in [0.5, 0.6) is 11.6 Å². The molecule has 0 unspecified atom stereocenters. The minimum Gasteiger partial charge on any atom is -0.439 e. The number of carbonyl (C=O) groups excluding carboxylic acids is 3. The number of barbiturate groups is 1. The van der Waals surface area contributed by atoms with E-state index < -0.39 is 23.4 Å². The van der Waals surface area contributed by atoms with Gasteiger partial charge in [0.2, 0.25) is 5.88 Å². The summed E-state index contributed by atoms with van der Waals surface area (Å²) in [5.41, 5.74) is 1.49. The van der Waals surface area contributed by atoms with Gasteiger partial charge in [-0.05, 0) is 74.1 Å². The zero-order valence-corrected chi connectivity index (χ0v) is 20.1. The standard InChI is InChI=1S/C27H26N6O4/c34-24-27(25(35)31-26(36)30-24)12-5-15-33(27)19-8-11-23(29-17-19)37-20-9-10-21-18(16-20)6-2-4-14-32(21)22-7-1-3-13-28-22/h1,3,7-11,13,16-17H,2,4-6,12,14-15H2,(H2,30,31,34,35,36). The van der Waals surface area contributed by atoms with E-state index in [2.05, 4.69) is 37.6 Å². The molecule has 2 N–H and O–H groups in total. The topological polar surface area (TPSA) is 117 Å². The predicted molar refractivity (Wildman–Crippen MR) is 136 cm³/mol. The predicted octanol–water partition coefficient (Wildman–Crippen LogP) is 3.45. The third-order valence-corrected chi connectivity index (χ3v) is 7.19. The highest BCUT2D eigenvalue weighted by molar-refractivity contribution is 6.24. The first kappa shape index (κ1) is 23.0. The van der Waals surface area contributed by atoms with Crippen LogP contribution in [0.4, 0.5) is 22.0 Å². The van der Waals surface area contributed by atoms with E-state index in [0.29, 0.717) is 36.7 Å². The second-order valence-electron chi connectivity index (χ2n) is 9.40. The number of hydrogen-bond acceptors (Lipinski definition) is 8. The highest BCUT2D eigenvalue weighted by atomic mass is 16.5. The van der Waals surface area contributed by atoms with E-state index in [9.17, 15) is 14.4 Å². The number of aryl methyl sites for hydroxylation is 1. The number of imide groups is 2. The van der Waals surface area contributed by atoms with Gasteiger partial charge in [-0.1, -0.05) is 6.07 Å². The number of pyridine rings is 2. The molecule has 5 heterocycles. The summed E-state index contributed by atoms with van der Waals surface area (Å²) in [7, 11) is 0. The number of amides is 4. The van der Waals surface area contributed by atoms with Crippen molar-refractivity contribution < 1.29 is 19.1 Å². The number of nitrogens with zero attached hydrogens (tertiary/aromatic N) is 4. The lowest BCUT2D eigenvalue weighted by Crippen LogP contribution is -2.71. The molecule has 10 heteroatoms. The summed E-state index contributed by atoms with van der Waals surface area (Å²) >= 11 is 0. The van der Waals surface area contributed by atoms with Crippen molar-refractivity contribution in [3.05, 3.63) is 66.5 Å². The van der Waals surface area contributed by atoms with Gasteiger partial charge in [-0.2, -0.15) is 0 Å². The summed E-state index contributed by atoms with van der Waals surface area (Å²) in [5, 5.41) is 4.45. The van der Waals surface area contributed by atoms with Crippen LogP contribution in [-0.2, 0) is 16.0 Å². The van der Waals surface area contributed by atoms with Crippen LogP contribution in [0.2, 0.25) is 0 Å². The Hall–Kier alpha value is -4.47. The third-order valence-electron chi connectivity index (χ3n) is 7.19. The van der Waals surface area contributed by atoms with Gasteiger partial charge in [0.25, 0.3) is 11.8 Å². The maximum atomic E-state index is 12.7. The summed E-state index contributed by atoms with van der Waals surface area (Å²) in [4.78, 5) is 49.9. The number of ether oxygens (including phenoxy) is 1. The Bertz CT molecular complexity index is 1340. The smallest absolute Gasteiger partial charge is 0.328 e. The van der Waals surface area contributed by atoms with Crippen LogP contribution in [0.3, 0.4) is 0 Å². The summed E-state index contributed by atoms with van der Waals surface area (Å²) in [6.07, 6.45) is 7.46. The van der Waals surface area contributed by atoms with E-state index in [1.54, 1.807) is 23.2 Å². The molecule has 2 saturated heterocycles. The number of anilines is 3. The van der Waals surface area contributed by atoms with Gasteiger partial charge in [0.05, 0.1) is 11.9 Å². The van der Waals surface area contributed by atoms with Crippen LogP contribution in [0, 0.1) is 0 Å². The molecule has 0 radical (unpaired) electrons. The van der Waals surface area contributed by atoms with E-state index in [4.69, 9.17) is 4.74 Å². The van der Waals surface area contributed by atoms with Crippen molar-refractivity contribution in [2.45, 2.75) is 37.6 Å². The number of hydrogen-bond donors (Lipinski definition) is 2. The number of urea groups is 1. The van der Waals surface area contributed by atoms with E-state index >= 15 is 0 Å². The SMILES string of the molecule is O=C1NC(=O)C2(CCCN2c2ccc(Oc3ccc4c(c3)CCCCN4c3ccccn3)nc2)C(=O)N1. The van der Waals surface area contributed by atoms with Crippen molar-refractivity contribution >= 4 is 35.0 Å². The van der Waals surface area contributed by atoms with Crippen molar-refractivity contribution in [2.24, 2.45) is 0 Å². The van der Waals surface area contributed by atoms with Gasteiger partial charge in [-0.25, -0.2) is 14.8 Å². The van der Waals surface area contributed by atoms with Gasteiger partial charge < -0.3 is 14.5 Å². The Morgan fingerprint density at radius 2 is 1.76 bits per heavy atom. The lowest BCUT2D eigenvalue weighted by atomic mass is 9.92. The fraction of sp³-hybridized carbons (Fsp3) is 0.296. The molecule has 2 aromatic heterocycles. The van der Waals surface area contributed by atoms with Crippen LogP contribution in [0.1, 0.15) is 31.2 Å². The molecule has 37 heavy (non-hydrogen) atoms. The number of benzene rings is 1. The third kappa shape index (κ3) is 4.04. The number of nitrogens with one attached hydrogen (secondary N) is 2. The molecule has 0 aliphatic carbocycles. The normalized spacial score (nSPS) is 18.8. The first-order chi connectivity index (χ1) is 18.0. The number of fused-ring (bicyclic) bond motifs is 1. The van der Waals surface area contributed by atoms with Crippen molar-refractivity contribution in [3.8, 4) is 11.6 Å². The summed E-state index contributed by atoms with van der Waals surface area (Å²) in [6.45, 7) is 1.41. The van der Waals surface area contributed by atoms with Crippen molar-refractivity contribution in [3.63, 3.8) is 0 Å². The van der Waals surface area contributed by atoms with Crippen molar-refractivity contribution in [1.29, 1.82) is 0 Å². The average Bonchev–Trinajstić information content (AvgIpc) is 3.25. The van der Waals surface area contributed by atoms with Crippen LogP contribution < -0.4 is 25.2 Å². The number of aromatic nitrogens is 2. The highest BCUT2D eigenvalue weighted by Gasteiger charge is 2.57. The maximum Gasteiger partial charge on any atom is 0.328 e. The van der Waals surface area contributed by atoms with E-state index in [0.717, 1.165) is 37.3 Å². The second kappa shape index (κ2) is 9.20. The zero-order chi connectivity index (χ0) is 25.4.